The first-order chi connectivity index (χ1) is 12.6. The summed E-state index contributed by atoms with van der Waals surface area (Å²) in [4.78, 5) is 25.5. The van der Waals surface area contributed by atoms with Crippen molar-refractivity contribution in [3.8, 4) is 0 Å². The summed E-state index contributed by atoms with van der Waals surface area (Å²) in [6.45, 7) is 3.57. The smallest absolute Gasteiger partial charge is 0.243 e. The number of sulfone groups is 1. The van der Waals surface area contributed by atoms with Gasteiger partial charge in [0.05, 0.1) is 11.4 Å². The minimum absolute atomic E-state index is 0.00786. The summed E-state index contributed by atoms with van der Waals surface area (Å²) < 4.78 is 24.7. The number of nitrogens with one attached hydrogen (secondary N) is 1. The first kappa shape index (κ1) is 20.9. The highest BCUT2D eigenvalue weighted by Crippen LogP contribution is 2.18. The second-order valence-corrected chi connectivity index (χ2v) is 8.68. The van der Waals surface area contributed by atoms with Crippen LogP contribution in [0.25, 0.3) is 0 Å². The van der Waals surface area contributed by atoms with E-state index in [0.717, 1.165) is 16.0 Å². The molecule has 0 aliphatic carbocycles. The summed E-state index contributed by atoms with van der Waals surface area (Å²) >= 11 is 5.75. The fourth-order valence-electron chi connectivity index (χ4n) is 2.38. The van der Waals surface area contributed by atoms with Gasteiger partial charge >= 0.3 is 0 Å². The SMILES string of the molecule is Cc1cccc(NC(=O)CN(C)C(=O)CS(=O)(=O)c2ccc(Cl)cc2)c1C. The van der Waals surface area contributed by atoms with Gasteiger partial charge in [0.25, 0.3) is 0 Å². The van der Waals surface area contributed by atoms with Crippen LogP contribution in [0.2, 0.25) is 5.02 Å². The van der Waals surface area contributed by atoms with E-state index in [0.29, 0.717) is 10.7 Å². The summed E-state index contributed by atoms with van der Waals surface area (Å²) in [5.74, 6) is -1.79. The number of nitrogens with zero attached hydrogens (tertiary/aromatic N) is 1. The average molecular weight is 409 g/mol. The van der Waals surface area contributed by atoms with Crippen LogP contribution in [0.4, 0.5) is 5.69 Å². The Morgan fingerprint density at radius 3 is 2.33 bits per heavy atom. The molecule has 0 saturated carbocycles. The van der Waals surface area contributed by atoms with Gasteiger partial charge in [0.2, 0.25) is 11.8 Å². The molecule has 0 atom stereocenters. The molecule has 2 rings (SSSR count). The Kier molecular flexibility index (Phi) is 6.62. The number of hydrogen-bond donors (Lipinski definition) is 1. The van der Waals surface area contributed by atoms with Crippen LogP contribution in [-0.2, 0) is 19.4 Å². The minimum atomic E-state index is -3.81. The highest BCUT2D eigenvalue weighted by atomic mass is 35.5. The van der Waals surface area contributed by atoms with E-state index in [1.54, 1.807) is 6.07 Å². The maximum Gasteiger partial charge on any atom is 0.243 e. The molecule has 6 nitrogen and oxygen atoms in total. The lowest BCUT2D eigenvalue weighted by molar-refractivity contribution is -0.131. The molecule has 0 unspecified atom stereocenters. The van der Waals surface area contributed by atoms with Crippen LogP contribution in [0.3, 0.4) is 0 Å². The molecular formula is C19H21ClN2O4S. The quantitative estimate of drug-likeness (QED) is 0.796. The van der Waals surface area contributed by atoms with Gasteiger partial charge < -0.3 is 10.2 Å². The van der Waals surface area contributed by atoms with Crippen LogP contribution in [0.5, 0.6) is 0 Å². The van der Waals surface area contributed by atoms with Gasteiger partial charge in [0.1, 0.15) is 5.75 Å². The highest BCUT2D eigenvalue weighted by molar-refractivity contribution is 7.92. The van der Waals surface area contributed by atoms with Crippen LogP contribution >= 0.6 is 11.6 Å². The normalized spacial score (nSPS) is 11.1. The van der Waals surface area contributed by atoms with E-state index < -0.39 is 27.4 Å². The van der Waals surface area contributed by atoms with Gasteiger partial charge in [-0.05, 0) is 55.3 Å². The molecule has 0 saturated heterocycles. The summed E-state index contributed by atoms with van der Waals surface area (Å²) in [6.07, 6.45) is 0. The molecule has 144 valence electrons. The standard InChI is InChI=1S/C19H21ClN2O4S/c1-13-5-4-6-17(14(13)2)21-18(23)11-22(3)19(24)12-27(25,26)16-9-7-15(20)8-10-16/h4-10H,11-12H2,1-3H3,(H,21,23). The predicted octanol–water partition coefficient (Wildman–Crippen LogP) is 2.83. The first-order valence-electron chi connectivity index (χ1n) is 8.18. The van der Waals surface area contributed by atoms with Gasteiger partial charge in [-0.3, -0.25) is 9.59 Å². The molecule has 1 N–H and O–H groups in total. The summed E-state index contributed by atoms with van der Waals surface area (Å²) in [7, 11) is -2.42. The molecule has 0 aromatic heterocycles. The van der Waals surface area contributed by atoms with Crippen molar-refractivity contribution in [1.82, 2.24) is 4.90 Å². The number of halogens is 1. The molecule has 0 aliphatic rings. The molecule has 0 aliphatic heterocycles. The highest BCUT2D eigenvalue weighted by Gasteiger charge is 2.23. The summed E-state index contributed by atoms with van der Waals surface area (Å²) in [5.41, 5.74) is 2.63. The molecule has 2 amide bonds. The van der Waals surface area contributed by atoms with Crippen LogP contribution in [0.1, 0.15) is 11.1 Å². The van der Waals surface area contributed by atoms with Crippen LogP contribution in [0, 0.1) is 13.8 Å². The predicted molar refractivity (Wildman–Crippen MR) is 106 cm³/mol. The maximum atomic E-state index is 12.3. The van der Waals surface area contributed by atoms with Gasteiger partial charge in [0, 0.05) is 17.8 Å². The molecule has 0 heterocycles. The number of amides is 2. The molecular weight excluding hydrogens is 388 g/mol. The van der Waals surface area contributed by atoms with Gasteiger partial charge in [-0.2, -0.15) is 0 Å². The molecule has 0 fully saturated rings. The lowest BCUT2D eigenvalue weighted by Crippen LogP contribution is -2.38. The molecule has 0 spiro atoms. The summed E-state index contributed by atoms with van der Waals surface area (Å²) in [6, 6.07) is 11.1. The van der Waals surface area contributed by atoms with Crippen molar-refractivity contribution in [2.45, 2.75) is 18.7 Å². The van der Waals surface area contributed by atoms with Crippen molar-refractivity contribution in [1.29, 1.82) is 0 Å². The average Bonchev–Trinajstić information content (AvgIpc) is 2.59. The monoisotopic (exact) mass is 408 g/mol. The van der Waals surface area contributed by atoms with E-state index in [-0.39, 0.29) is 11.4 Å². The van der Waals surface area contributed by atoms with E-state index in [4.69, 9.17) is 11.6 Å². The van der Waals surface area contributed by atoms with Crippen molar-refractivity contribution in [2.75, 3.05) is 24.7 Å². The van der Waals surface area contributed by atoms with Gasteiger partial charge in [-0.1, -0.05) is 23.7 Å². The Labute approximate surface area is 164 Å². The van der Waals surface area contributed by atoms with Crippen LogP contribution in [-0.4, -0.2) is 44.5 Å². The largest absolute Gasteiger partial charge is 0.336 e. The van der Waals surface area contributed by atoms with E-state index >= 15 is 0 Å². The fourth-order valence-corrected chi connectivity index (χ4v) is 3.77. The topological polar surface area (TPSA) is 83.6 Å². The fraction of sp³-hybridized carbons (Fsp3) is 0.263. The van der Waals surface area contributed by atoms with E-state index in [2.05, 4.69) is 5.32 Å². The molecule has 8 heteroatoms. The Hall–Kier alpha value is -2.38. The van der Waals surface area contributed by atoms with E-state index in [9.17, 15) is 18.0 Å². The zero-order valence-corrected chi connectivity index (χ0v) is 16.9. The maximum absolute atomic E-state index is 12.3. The van der Waals surface area contributed by atoms with Crippen molar-refractivity contribution < 1.29 is 18.0 Å². The number of benzene rings is 2. The third-order valence-corrected chi connectivity index (χ3v) is 6.04. The van der Waals surface area contributed by atoms with Crippen molar-refractivity contribution in [2.24, 2.45) is 0 Å². The number of hydrogen-bond acceptors (Lipinski definition) is 4. The zero-order chi connectivity index (χ0) is 20.2. The Morgan fingerprint density at radius 1 is 1.07 bits per heavy atom. The third kappa shape index (κ3) is 5.55. The lowest BCUT2D eigenvalue weighted by atomic mass is 10.1. The Balaban J connectivity index is 1.99. The Morgan fingerprint density at radius 2 is 1.70 bits per heavy atom. The van der Waals surface area contributed by atoms with E-state index in [1.807, 2.05) is 26.0 Å². The second kappa shape index (κ2) is 8.54. The summed E-state index contributed by atoms with van der Waals surface area (Å²) in [5, 5.41) is 3.14. The molecule has 2 aromatic carbocycles. The van der Waals surface area contributed by atoms with Crippen molar-refractivity contribution in [3.63, 3.8) is 0 Å². The van der Waals surface area contributed by atoms with Crippen LogP contribution < -0.4 is 5.32 Å². The molecule has 0 radical (unpaired) electrons. The molecule has 2 aromatic rings. The second-order valence-electron chi connectivity index (χ2n) is 6.26. The van der Waals surface area contributed by atoms with Gasteiger partial charge in [-0.25, -0.2) is 8.42 Å². The van der Waals surface area contributed by atoms with Crippen molar-refractivity contribution >= 4 is 38.9 Å². The number of likely N-dealkylation sites (N-methyl/N-ethyl adjacent to an activating group) is 1. The lowest BCUT2D eigenvalue weighted by Gasteiger charge is -2.18. The molecule has 27 heavy (non-hydrogen) atoms. The third-order valence-electron chi connectivity index (χ3n) is 4.17. The van der Waals surface area contributed by atoms with Gasteiger partial charge in [-0.15, -0.1) is 0 Å². The van der Waals surface area contributed by atoms with Crippen LogP contribution in [0.15, 0.2) is 47.4 Å². The Bertz CT molecular complexity index is 956. The van der Waals surface area contributed by atoms with Gasteiger partial charge in [0.15, 0.2) is 9.84 Å². The minimum Gasteiger partial charge on any atom is -0.336 e. The van der Waals surface area contributed by atoms with E-state index in [1.165, 1.54) is 31.3 Å². The van der Waals surface area contributed by atoms with Crippen molar-refractivity contribution in [3.05, 3.63) is 58.6 Å². The zero-order valence-electron chi connectivity index (χ0n) is 15.3. The number of anilines is 1. The number of carbonyl (C=O) groups excluding carboxylic acids is 2. The molecule has 0 bridgehead atoms. The number of aryl methyl sites for hydroxylation is 1. The first-order valence-corrected chi connectivity index (χ1v) is 10.2. The number of rotatable bonds is 6. The number of carbonyl (C=O) groups is 2.